The normalized spacial score (nSPS) is 29.6. The fourth-order valence-electron chi connectivity index (χ4n) is 2.62. The van der Waals surface area contributed by atoms with Crippen molar-refractivity contribution in [1.82, 2.24) is 5.32 Å². The summed E-state index contributed by atoms with van der Waals surface area (Å²) < 4.78 is 10.8. The molecule has 1 amide bonds. The summed E-state index contributed by atoms with van der Waals surface area (Å²) in [6, 6.07) is -0.917. The Balaban J connectivity index is 2.12. The monoisotopic (exact) mass is 363 g/mol. The van der Waals surface area contributed by atoms with Crippen molar-refractivity contribution < 1.29 is 29.6 Å². The van der Waals surface area contributed by atoms with Crippen molar-refractivity contribution in [3.05, 3.63) is 0 Å². The molecule has 0 aliphatic carbocycles. The summed E-state index contributed by atoms with van der Waals surface area (Å²) in [5.41, 5.74) is 11.2. The van der Waals surface area contributed by atoms with Crippen molar-refractivity contribution in [3.63, 3.8) is 0 Å². The van der Waals surface area contributed by atoms with E-state index in [0.717, 1.165) is 25.7 Å². The average Bonchev–Trinajstić information content (AvgIpc) is 2.61. The zero-order valence-electron chi connectivity index (χ0n) is 14.7. The lowest BCUT2D eigenvalue weighted by atomic mass is 9.98. The van der Waals surface area contributed by atoms with Crippen LogP contribution in [-0.2, 0) is 14.3 Å². The Morgan fingerprint density at radius 1 is 1.12 bits per heavy atom. The van der Waals surface area contributed by atoms with Gasteiger partial charge in [-0.25, -0.2) is 0 Å². The highest BCUT2D eigenvalue weighted by Crippen LogP contribution is 2.20. The molecule has 0 saturated carbocycles. The number of aliphatic hydroxyl groups is 3. The summed E-state index contributed by atoms with van der Waals surface area (Å²) >= 11 is 0. The first-order valence-corrected chi connectivity index (χ1v) is 8.97. The number of unbranched alkanes of at least 4 members (excludes halogenated alkanes) is 3. The molecule has 9 nitrogen and oxygen atoms in total. The molecule has 1 aliphatic heterocycles. The highest BCUT2D eigenvalue weighted by molar-refractivity contribution is 5.75. The van der Waals surface area contributed by atoms with Crippen LogP contribution in [0.15, 0.2) is 0 Å². The van der Waals surface area contributed by atoms with E-state index < -0.39 is 37.3 Å². The minimum atomic E-state index is -1.25. The number of aliphatic hydroxyl groups excluding tert-OH is 3. The number of ether oxygens (including phenoxy) is 2. The summed E-state index contributed by atoms with van der Waals surface area (Å²) in [4.78, 5) is 11.7. The van der Waals surface area contributed by atoms with Gasteiger partial charge in [0.25, 0.3) is 0 Å². The van der Waals surface area contributed by atoms with E-state index in [9.17, 15) is 15.0 Å². The highest BCUT2D eigenvalue weighted by atomic mass is 16.7. The Labute approximate surface area is 148 Å². The summed E-state index contributed by atoms with van der Waals surface area (Å²) in [6.45, 7) is 1.14. The third kappa shape index (κ3) is 7.95. The molecule has 1 rings (SSSR count). The van der Waals surface area contributed by atoms with E-state index in [-0.39, 0.29) is 12.5 Å². The number of nitrogens with two attached hydrogens (primary N) is 2. The van der Waals surface area contributed by atoms with Crippen LogP contribution in [0.25, 0.3) is 0 Å². The molecule has 8 N–H and O–H groups in total. The van der Waals surface area contributed by atoms with E-state index in [1.165, 1.54) is 0 Å². The van der Waals surface area contributed by atoms with Gasteiger partial charge in [0, 0.05) is 13.0 Å². The number of rotatable bonds is 12. The third-order valence-corrected chi connectivity index (χ3v) is 4.21. The second kappa shape index (κ2) is 12.5. The number of amides is 1. The van der Waals surface area contributed by atoms with E-state index in [2.05, 4.69) is 5.32 Å². The summed E-state index contributed by atoms with van der Waals surface area (Å²) in [7, 11) is 0. The third-order valence-electron chi connectivity index (χ3n) is 4.21. The predicted octanol–water partition coefficient (Wildman–Crippen LogP) is -1.82. The number of carbonyl (C=O) groups is 1. The molecule has 0 aromatic rings. The zero-order chi connectivity index (χ0) is 18.7. The number of carbonyl (C=O) groups excluding carboxylic acids is 1. The van der Waals surface area contributed by atoms with Gasteiger partial charge in [-0.15, -0.1) is 0 Å². The molecule has 0 radical (unpaired) electrons. The fourth-order valence-corrected chi connectivity index (χ4v) is 2.62. The van der Waals surface area contributed by atoms with Crippen molar-refractivity contribution in [2.75, 3.05) is 26.3 Å². The lowest BCUT2D eigenvalue weighted by Crippen LogP contribution is -2.62. The van der Waals surface area contributed by atoms with Gasteiger partial charge in [-0.3, -0.25) is 4.79 Å². The first-order chi connectivity index (χ1) is 12.0. The van der Waals surface area contributed by atoms with Crippen LogP contribution in [0.1, 0.15) is 38.5 Å². The maximum atomic E-state index is 11.7. The van der Waals surface area contributed by atoms with Crippen molar-refractivity contribution >= 4 is 5.91 Å². The van der Waals surface area contributed by atoms with E-state index in [1.807, 2.05) is 0 Å². The van der Waals surface area contributed by atoms with Gasteiger partial charge in [0.15, 0.2) is 6.29 Å². The smallest absolute Gasteiger partial charge is 0.220 e. The van der Waals surface area contributed by atoms with Gasteiger partial charge in [0.05, 0.1) is 19.3 Å². The molecule has 25 heavy (non-hydrogen) atoms. The fraction of sp³-hybridized carbons (Fsp3) is 0.938. The minimum absolute atomic E-state index is 0.0417. The molecular formula is C16H33N3O6. The van der Waals surface area contributed by atoms with Crippen molar-refractivity contribution in [2.24, 2.45) is 11.5 Å². The van der Waals surface area contributed by atoms with Crippen LogP contribution in [0.3, 0.4) is 0 Å². The first kappa shape index (κ1) is 22.2. The summed E-state index contributed by atoms with van der Waals surface area (Å²) in [5, 5.41) is 31.5. The Hall–Kier alpha value is -0.810. The van der Waals surface area contributed by atoms with Gasteiger partial charge >= 0.3 is 0 Å². The van der Waals surface area contributed by atoms with E-state index in [1.54, 1.807) is 0 Å². The Kier molecular flexibility index (Phi) is 11.1. The molecular weight excluding hydrogens is 330 g/mol. The van der Waals surface area contributed by atoms with Gasteiger partial charge in [-0.2, -0.15) is 0 Å². The van der Waals surface area contributed by atoms with Crippen LogP contribution in [0.2, 0.25) is 0 Å². The number of nitrogens with one attached hydrogen (secondary N) is 1. The molecule has 1 fully saturated rings. The zero-order valence-corrected chi connectivity index (χ0v) is 14.7. The molecule has 0 spiro atoms. The quantitative estimate of drug-likeness (QED) is 0.221. The van der Waals surface area contributed by atoms with Crippen LogP contribution in [0, 0.1) is 0 Å². The molecule has 148 valence electrons. The first-order valence-electron chi connectivity index (χ1n) is 8.97. The largest absolute Gasteiger partial charge is 0.394 e. The molecule has 0 aromatic heterocycles. The Bertz CT molecular complexity index is 372. The van der Waals surface area contributed by atoms with Gasteiger partial charge in [-0.05, 0) is 25.8 Å². The maximum absolute atomic E-state index is 11.7. The van der Waals surface area contributed by atoms with Gasteiger partial charge in [0.1, 0.15) is 18.3 Å². The number of hydrogen-bond acceptors (Lipinski definition) is 8. The van der Waals surface area contributed by atoms with Crippen LogP contribution in [-0.4, -0.2) is 78.2 Å². The Morgan fingerprint density at radius 3 is 2.52 bits per heavy atom. The van der Waals surface area contributed by atoms with Crippen LogP contribution >= 0.6 is 0 Å². The van der Waals surface area contributed by atoms with Gasteiger partial charge in [0.2, 0.25) is 5.91 Å². The van der Waals surface area contributed by atoms with E-state index >= 15 is 0 Å². The Morgan fingerprint density at radius 2 is 1.84 bits per heavy atom. The van der Waals surface area contributed by atoms with E-state index in [0.29, 0.717) is 25.9 Å². The summed E-state index contributed by atoms with van der Waals surface area (Å²) in [6.07, 6.45) is 0.523. The topological polar surface area (TPSA) is 160 Å². The van der Waals surface area contributed by atoms with E-state index in [4.69, 9.17) is 26.0 Å². The van der Waals surface area contributed by atoms with Crippen LogP contribution < -0.4 is 16.8 Å². The highest BCUT2D eigenvalue weighted by Gasteiger charge is 2.42. The van der Waals surface area contributed by atoms with Gasteiger partial charge in [-0.1, -0.05) is 12.8 Å². The SMILES string of the molecule is NCCCCCCNC(=O)CCCOC1OC(CO)C(O)C(O)C1N. The second-order valence-corrected chi connectivity index (χ2v) is 6.31. The van der Waals surface area contributed by atoms with Crippen molar-refractivity contribution in [1.29, 1.82) is 0 Å². The standard InChI is InChI=1S/C16H33N3O6/c17-7-3-1-2-4-8-19-12(21)6-5-9-24-16-13(18)15(23)14(22)11(10-20)25-16/h11,13-16,20,22-23H,1-10,17-18H2,(H,19,21). The van der Waals surface area contributed by atoms with Crippen LogP contribution in [0.5, 0.6) is 0 Å². The lowest BCUT2D eigenvalue weighted by molar-refractivity contribution is -0.265. The average molecular weight is 363 g/mol. The maximum Gasteiger partial charge on any atom is 0.220 e. The van der Waals surface area contributed by atoms with Crippen molar-refractivity contribution in [3.8, 4) is 0 Å². The molecule has 5 atom stereocenters. The van der Waals surface area contributed by atoms with Crippen LogP contribution in [0.4, 0.5) is 0 Å². The molecule has 0 aromatic carbocycles. The van der Waals surface area contributed by atoms with Crippen molar-refractivity contribution in [2.45, 2.75) is 69.2 Å². The summed E-state index contributed by atoms with van der Waals surface area (Å²) in [5.74, 6) is -0.0417. The molecule has 5 unspecified atom stereocenters. The van der Waals surface area contributed by atoms with Gasteiger partial charge < -0.3 is 41.6 Å². The number of hydrogen-bond donors (Lipinski definition) is 6. The molecule has 1 aliphatic rings. The molecule has 1 saturated heterocycles. The molecule has 0 bridgehead atoms. The predicted molar refractivity (Wildman–Crippen MR) is 91.5 cm³/mol. The molecule has 9 heteroatoms. The lowest BCUT2D eigenvalue weighted by Gasteiger charge is -2.40. The second-order valence-electron chi connectivity index (χ2n) is 6.31. The molecule has 1 heterocycles. The minimum Gasteiger partial charge on any atom is -0.394 e.